The van der Waals surface area contributed by atoms with Crippen molar-refractivity contribution in [3.63, 3.8) is 0 Å². The first-order valence-corrected chi connectivity index (χ1v) is 19.4. The van der Waals surface area contributed by atoms with Crippen molar-refractivity contribution >= 4 is 11.9 Å². The number of esters is 2. The summed E-state index contributed by atoms with van der Waals surface area (Å²) in [4.78, 5) is 30.0. The Morgan fingerprint density at radius 3 is 1.00 bits per heavy atom. The van der Waals surface area contributed by atoms with Crippen molar-refractivity contribution in [1.82, 2.24) is 9.80 Å². The van der Waals surface area contributed by atoms with E-state index in [1.165, 1.54) is 77.0 Å². The normalized spacial score (nSPS) is 11.4. The number of nitrogens with zero attached hydrogens (tertiary/aromatic N) is 2. The summed E-state index contributed by atoms with van der Waals surface area (Å²) >= 11 is 0. The molecule has 0 radical (unpaired) electrons. The first-order valence-electron chi connectivity index (χ1n) is 19.4. The zero-order valence-electron chi connectivity index (χ0n) is 31.1. The van der Waals surface area contributed by atoms with Crippen LogP contribution < -0.4 is 0 Å². The molecule has 0 atom stereocenters. The molecule has 0 saturated carbocycles. The molecule has 0 aliphatic rings. The molecule has 0 bridgehead atoms. The third-order valence-electron chi connectivity index (χ3n) is 9.06. The number of benzene rings is 2. The SMILES string of the molecule is CCCCCCN(CCCCCC)CC(=O)OCc1ccc(-c2ccc(COC(=O)CN(CCCCCC)CCCCCC)cc2)cc1. The predicted molar refractivity (Wildman–Crippen MR) is 201 cm³/mol. The van der Waals surface area contributed by atoms with Gasteiger partial charge in [0, 0.05) is 0 Å². The fourth-order valence-corrected chi connectivity index (χ4v) is 5.96. The molecule has 0 spiro atoms. The van der Waals surface area contributed by atoms with Gasteiger partial charge < -0.3 is 9.47 Å². The minimum Gasteiger partial charge on any atom is -0.460 e. The predicted octanol–water partition coefficient (Wildman–Crippen LogP) is 10.4. The average molecular weight is 665 g/mol. The van der Waals surface area contributed by atoms with Gasteiger partial charge in [-0.15, -0.1) is 0 Å². The number of rotatable bonds is 29. The molecule has 6 nitrogen and oxygen atoms in total. The first kappa shape index (κ1) is 41.5. The van der Waals surface area contributed by atoms with Crippen molar-refractivity contribution < 1.29 is 19.1 Å². The fraction of sp³-hybridized carbons (Fsp3) is 0.667. The van der Waals surface area contributed by atoms with Crippen molar-refractivity contribution in [2.75, 3.05) is 39.3 Å². The third kappa shape index (κ3) is 19.3. The Morgan fingerprint density at radius 1 is 0.438 bits per heavy atom. The zero-order valence-corrected chi connectivity index (χ0v) is 31.1. The summed E-state index contributed by atoms with van der Waals surface area (Å²) < 4.78 is 11.4. The minimum atomic E-state index is -0.145. The van der Waals surface area contributed by atoms with Crippen molar-refractivity contribution in [2.24, 2.45) is 0 Å². The standard InChI is InChI=1S/C42H68N2O4/c1-5-9-13-17-29-43(30-18-14-10-6-2)33-41(45)47-35-37-21-25-39(26-22-37)40-27-23-38(24-28-40)36-48-42(46)34-44(31-19-15-11-7-3)32-20-16-12-8-4/h21-28H,5-20,29-36H2,1-4H3. The monoisotopic (exact) mass is 665 g/mol. The van der Waals surface area contributed by atoms with Crippen LogP contribution in [0.5, 0.6) is 0 Å². The van der Waals surface area contributed by atoms with Crippen LogP contribution in [0.2, 0.25) is 0 Å². The first-order chi connectivity index (χ1) is 23.5. The van der Waals surface area contributed by atoms with Gasteiger partial charge in [-0.05, 0) is 74.1 Å². The molecule has 48 heavy (non-hydrogen) atoms. The second-order valence-electron chi connectivity index (χ2n) is 13.5. The molecule has 0 heterocycles. The molecule has 0 aromatic heterocycles. The average Bonchev–Trinajstić information content (AvgIpc) is 3.10. The highest BCUT2D eigenvalue weighted by Crippen LogP contribution is 2.21. The summed E-state index contributed by atoms with van der Waals surface area (Å²) in [7, 11) is 0. The molecule has 0 N–H and O–H groups in total. The van der Waals surface area contributed by atoms with Crippen molar-refractivity contribution in [1.29, 1.82) is 0 Å². The summed E-state index contributed by atoms with van der Waals surface area (Å²) in [5.41, 5.74) is 4.16. The lowest BCUT2D eigenvalue weighted by molar-refractivity contribution is -0.147. The lowest BCUT2D eigenvalue weighted by Crippen LogP contribution is -2.32. The van der Waals surface area contributed by atoms with Gasteiger partial charge in [-0.1, -0.05) is 153 Å². The van der Waals surface area contributed by atoms with E-state index in [4.69, 9.17) is 9.47 Å². The van der Waals surface area contributed by atoms with E-state index in [0.717, 1.165) is 74.1 Å². The van der Waals surface area contributed by atoms with Gasteiger partial charge in [0.1, 0.15) is 13.2 Å². The van der Waals surface area contributed by atoms with E-state index in [-0.39, 0.29) is 25.2 Å². The largest absolute Gasteiger partial charge is 0.460 e. The summed E-state index contributed by atoms with van der Waals surface area (Å²) in [5.74, 6) is -0.291. The molecular formula is C42H68N2O4. The van der Waals surface area contributed by atoms with Crippen LogP contribution in [0, 0.1) is 0 Å². The molecule has 2 aromatic rings. The molecule has 6 heteroatoms. The Balaban J connectivity index is 1.80. The number of carbonyl (C=O) groups is 2. The molecule has 0 aliphatic carbocycles. The molecule has 2 aromatic carbocycles. The Morgan fingerprint density at radius 2 is 0.729 bits per heavy atom. The van der Waals surface area contributed by atoms with Crippen LogP contribution in [0.25, 0.3) is 11.1 Å². The molecule has 0 fully saturated rings. The number of hydrogen-bond acceptors (Lipinski definition) is 6. The Bertz CT molecular complexity index is 974. The molecule has 270 valence electrons. The number of hydrogen-bond donors (Lipinski definition) is 0. The van der Waals surface area contributed by atoms with E-state index in [1.54, 1.807) is 0 Å². The van der Waals surface area contributed by atoms with Crippen molar-refractivity contribution in [3.05, 3.63) is 59.7 Å². The second kappa shape index (κ2) is 27.2. The van der Waals surface area contributed by atoms with Gasteiger partial charge in [-0.25, -0.2) is 0 Å². The molecule has 0 amide bonds. The Kier molecular flexibility index (Phi) is 23.5. The number of carbonyl (C=O) groups excluding carboxylic acids is 2. The van der Waals surface area contributed by atoms with Gasteiger partial charge in [0.05, 0.1) is 13.1 Å². The van der Waals surface area contributed by atoms with E-state index in [1.807, 2.05) is 24.3 Å². The molecular weight excluding hydrogens is 596 g/mol. The molecule has 2 rings (SSSR count). The lowest BCUT2D eigenvalue weighted by Gasteiger charge is -2.21. The third-order valence-corrected chi connectivity index (χ3v) is 9.06. The summed E-state index contributed by atoms with van der Waals surface area (Å²) in [6.07, 6.45) is 19.3. The topological polar surface area (TPSA) is 59.1 Å². The van der Waals surface area contributed by atoms with Crippen LogP contribution in [0.1, 0.15) is 142 Å². The minimum absolute atomic E-state index is 0.145. The van der Waals surface area contributed by atoms with Crippen LogP contribution in [0.15, 0.2) is 48.5 Å². The number of ether oxygens (including phenoxy) is 2. The smallest absolute Gasteiger partial charge is 0.320 e. The number of unbranched alkanes of at least 4 members (excludes halogenated alkanes) is 12. The van der Waals surface area contributed by atoms with Crippen molar-refractivity contribution in [3.8, 4) is 11.1 Å². The van der Waals surface area contributed by atoms with Crippen molar-refractivity contribution in [2.45, 2.75) is 144 Å². The zero-order chi connectivity index (χ0) is 34.7. The maximum Gasteiger partial charge on any atom is 0.320 e. The van der Waals surface area contributed by atoms with Crippen LogP contribution in [-0.4, -0.2) is 61.0 Å². The molecule has 0 unspecified atom stereocenters. The van der Waals surface area contributed by atoms with Crippen LogP contribution >= 0.6 is 0 Å². The van der Waals surface area contributed by atoms with Crippen LogP contribution in [-0.2, 0) is 32.3 Å². The second-order valence-corrected chi connectivity index (χ2v) is 13.5. The Hall–Kier alpha value is -2.70. The Labute approximate surface area is 294 Å². The maximum absolute atomic E-state index is 12.7. The molecule has 0 aliphatic heterocycles. The highest BCUT2D eigenvalue weighted by molar-refractivity contribution is 5.72. The summed E-state index contributed by atoms with van der Waals surface area (Å²) in [6, 6.07) is 16.4. The highest BCUT2D eigenvalue weighted by atomic mass is 16.5. The lowest BCUT2D eigenvalue weighted by atomic mass is 10.0. The molecule has 0 saturated heterocycles. The van der Waals surface area contributed by atoms with Gasteiger partial charge in [0.25, 0.3) is 0 Å². The van der Waals surface area contributed by atoms with Gasteiger partial charge in [0.15, 0.2) is 0 Å². The van der Waals surface area contributed by atoms with E-state index in [9.17, 15) is 9.59 Å². The van der Waals surface area contributed by atoms with E-state index < -0.39 is 0 Å². The van der Waals surface area contributed by atoms with Gasteiger partial charge in [-0.3, -0.25) is 19.4 Å². The van der Waals surface area contributed by atoms with E-state index in [0.29, 0.717) is 13.1 Å². The van der Waals surface area contributed by atoms with E-state index >= 15 is 0 Å². The summed E-state index contributed by atoms with van der Waals surface area (Å²) in [5, 5.41) is 0. The quantitative estimate of drug-likeness (QED) is 0.0637. The maximum atomic E-state index is 12.7. The van der Waals surface area contributed by atoms with E-state index in [2.05, 4.69) is 61.8 Å². The summed E-state index contributed by atoms with van der Waals surface area (Å²) in [6.45, 7) is 14.1. The van der Waals surface area contributed by atoms with Crippen LogP contribution in [0.4, 0.5) is 0 Å². The fourth-order valence-electron chi connectivity index (χ4n) is 5.96. The van der Waals surface area contributed by atoms with Gasteiger partial charge in [0.2, 0.25) is 0 Å². The van der Waals surface area contributed by atoms with Gasteiger partial charge in [-0.2, -0.15) is 0 Å². The van der Waals surface area contributed by atoms with Gasteiger partial charge >= 0.3 is 11.9 Å². The van der Waals surface area contributed by atoms with Crippen LogP contribution in [0.3, 0.4) is 0 Å². The highest BCUT2D eigenvalue weighted by Gasteiger charge is 2.14.